The van der Waals surface area contributed by atoms with E-state index in [9.17, 15) is 0 Å². The van der Waals surface area contributed by atoms with Crippen LogP contribution in [0, 0.1) is 6.92 Å². The molecule has 0 saturated carbocycles. The Kier molecular flexibility index (Phi) is 5.26. The van der Waals surface area contributed by atoms with Gasteiger partial charge in [-0.3, -0.25) is 9.88 Å². The molecule has 2 fully saturated rings. The molecule has 2 aromatic heterocycles. The molecule has 0 radical (unpaired) electrons. The second-order valence-electron chi connectivity index (χ2n) is 6.89. The van der Waals surface area contributed by atoms with E-state index in [2.05, 4.69) is 44.8 Å². The Morgan fingerprint density at radius 1 is 0.923 bits per heavy atom. The second kappa shape index (κ2) is 7.97. The van der Waals surface area contributed by atoms with Gasteiger partial charge >= 0.3 is 0 Å². The van der Waals surface area contributed by atoms with E-state index in [1.807, 2.05) is 12.4 Å². The lowest BCUT2D eigenvalue weighted by Gasteiger charge is -2.35. The normalized spacial score (nSPS) is 19.0. The number of aryl methyl sites for hydroxylation is 1. The summed E-state index contributed by atoms with van der Waals surface area (Å²) < 4.78 is 5.45. The highest BCUT2D eigenvalue weighted by Crippen LogP contribution is 2.20. The molecule has 7 heteroatoms. The fourth-order valence-corrected chi connectivity index (χ4v) is 3.48. The predicted octanol–water partition coefficient (Wildman–Crippen LogP) is 1.34. The third kappa shape index (κ3) is 4.11. The first-order chi connectivity index (χ1) is 12.8. The third-order valence-corrected chi connectivity index (χ3v) is 4.97. The highest BCUT2D eigenvalue weighted by molar-refractivity contribution is 5.46. The molecule has 0 bridgehead atoms. The van der Waals surface area contributed by atoms with Crippen LogP contribution in [0.5, 0.6) is 0 Å². The number of ether oxygens (including phenoxy) is 1. The summed E-state index contributed by atoms with van der Waals surface area (Å²) in [6.45, 7) is 10.3. The summed E-state index contributed by atoms with van der Waals surface area (Å²) in [6, 6.07) is 6.25. The van der Waals surface area contributed by atoms with Crippen molar-refractivity contribution in [1.82, 2.24) is 19.9 Å². The number of hydrogen-bond donors (Lipinski definition) is 0. The van der Waals surface area contributed by atoms with Crippen molar-refractivity contribution in [3.8, 4) is 0 Å². The maximum Gasteiger partial charge on any atom is 0.227 e. The molecule has 0 aromatic carbocycles. The maximum atomic E-state index is 5.45. The van der Waals surface area contributed by atoms with E-state index < -0.39 is 0 Å². The third-order valence-electron chi connectivity index (χ3n) is 4.97. The van der Waals surface area contributed by atoms with E-state index in [4.69, 9.17) is 14.7 Å². The van der Waals surface area contributed by atoms with Crippen molar-refractivity contribution in [3.63, 3.8) is 0 Å². The number of morpholine rings is 1. The molecule has 0 aliphatic carbocycles. The first-order valence-corrected chi connectivity index (χ1v) is 9.32. The number of aromatic nitrogens is 3. The average molecular weight is 354 g/mol. The standard InChI is InChI=1S/C19H26N6O/c1-16-14-18(24-10-12-26-13-11-24)22-19(21-16)25-8-6-23(7-9-25)15-17-2-4-20-5-3-17/h2-5,14H,6-13,15H2,1H3. The summed E-state index contributed by atoms with van der Waals surface area (Å²) in [5.74, 6) is 1.88. The van der Waals surface area contributed by atoms with Crippen molar-refractivity contribution in [1.29, 1.82) is 0 Å². The van der Waals surface area contributed by atoms with Gasteiger partial charge in [0.1, 0.15) is 5.82 Å². The quantitative estimate of drug-likeness (QED) is 0.821. The maximum absolute atomic E-state index is 5.45. The lowest BCUT2D eigenvalue weighted by atomic mass is 10.2. The van der Waals surface area contributed by atoms with Crippen LogP contribution in [0.3, 0.4) is 0 Å². The van der Waals surface area contributed by atoms with Gasteiger partial charge in [0, 0.05) is 70.0 Å². The number of anilines is 2. The molecule has 0 amide bonds. The molecular weight excluding hydrogens is 328 g/mol. The van der Waals surface area contributed by atoms with Gasteiger partial charge in [0.2, 0.25) is 5.95 Å². The molecule has 4 heterocycles. The van der Waals surface area contributed by atoms with E-state index in [1.54, 1.807) is 0 Å². The van der Waals surface area contributed by atoms with Crippen molar-refractivity contribution in [2.75, 3.05) is 62.3 Å². The molecule has 2 aliphatic rings. The van der Waals surface area contributed by atoms with Crippen LogP contribution in [0.4, 0.5) is 11.8 Å². The average Bonchev–Trinajstić information content (AvgIpc) is 2.70. The fraction of sp³-hybridized carbons (Fsp3) is 0.526. The minimum absolute atomic E-state index is 0.770. The lowest BCUT2D eigenvalue weighted by molar-refractivity contribution is 0.122. The Balaban J connectivity index is 1.40. The number of rotatable bonds is 4. The van der Waals surface area contributed by atoms with E-state index >= 15 is 0 Å². The topological polar surface area (TPSA) is 57.6 Å². The summed E-state index contributed by atoms with van der Waals surface area (Å²) in [5, 5.41) is 0. The Labute approximate surface area is 154 Å². The van der Waals surface area contributed by atoms with E-state index in [0.29, 0.717) is 0 Å². The van der Waals surface area contributed by atoms with Gasteiger partial charge in [0.05, 0.1) is 13.2 Å². The summed E-state index contributed by atoms with van der Waals surface area (Å²) >= 11 is 0. The highest BCUT2D eigenvalue weighted by atomic mass is 16.5. The number of hydrogen-bond acceptors (Lipinski definition) is 7. The van der Waals surface area contributed by atoms with Crippen LogP contribution in [-0.4, -0.2) is 72.3 Å². The van der Waals surface area contributed by atoms with Crippen molar-refractivity contribution in [3.05, 3.63) is 41.9 Å². The van der Waals surface area contributed by atoms with Crippen LogP contribution in [0.15, 0.2) is 30.6 Å². The molecule has 7 nitrogen and oxygen atoms in total. The molecule has 0 N–H and O–H groups in total. The molecule has 2 saturated heterocycles. The first kappa shape index (κ1) is 17.2. The van der Waals surface area contributed by atoms with Gasteiger partial charge in [-0.05, 0) is 24.6 Å². The summed E-state index contributed by atoms with van der Waals surface area (Å²) in [7, 11) is 0. The second-order valence-corrected chi connectivity index (χ2v) is 6.89. The van der Waals surface area contributed by atoms with Crippen LogP contribution in [0.2, 0.25) is 0 Å². The zero-order chi connectivity index (χ0) is 17.8. The smallest absolute Gasteiger partial charge is 0.227 e. The first-order valence-electron chi connectivity index (χ1n) is 9.32. The van der Waals surface area contributed by atoms with Gasteiger partial charge < -0.3 is 14.5 Å². The van der Waals surface area contributed by atoms with Crippen molar-refractivity contribution < 1.29 is 4.74 Å². The minimum Gasteiger partial charge on any atom is -0.378 e. The fourth-order valence-electron chi connectivity index (χ4n) is 3.48. The van der Waals surface area contributed by atoms with E-state index in [0.717, 1.165) is 76.5 Å². The Hall–Kier alpha value is -2.25. The molecule has 2 aromatic rings. The monoisotopic (exact) mass is 354 g/mol. The Morgan fingerprint density at radius 3 is 2.38 bits per heavy atom. The zero-order valence-corrected chi connectivity index (χ0v) is 15.3. The Bertz CT molecular complexity index is 711. The molecule has 4 rings (SSSR count). The minimum atomic E-state index is 0.770. The van der Waals surface area contributed by atoms with Gasteiger partial charge in [-0.25, -0.2) is 4.98 Å². The van der Waals surface area contributed by atoms with Crippen molar-refractivity contribution in [2.45, 2.75) is 13.5 Å². The van der Waals surface area contributed by atoms with Gasteiger partial charge in [0.15, 0.2) is 0 Å². The van der Waals surface area contributed by atoms with Crippen LogP contribution >= 0.6 is 0 Å². The van der Waals surface area contributed by atoms with Gasteiger partial charge in [-0.1, -0.05) is 0 Å². The molecule has 138 valence electrons. The number of nitrogens with zero attached hydrogens (tertiary/aromatic N) is 6. The molecule has 26 heavy (non-hydrogen) atoms. The van der Waals surface area contributed by atoms with Gasteiger partial charge in [-0.2, -0.15) is 4.98 Å². The molecular formula is C19H26N6O. The number of pyridine rings is 1. The van der Waals surface area contributed by atoms with Gasteiger partial charge in [-0.15, -0.1) is 0 Å². The predicted molar refractivity (Wildman–Crippen MR) is 102 cm³/mol. The summed E-state index contributed by atoms with van der Waals surface area (Å²) in [5.41, 5.74) is 2.34. The highest BCUT2D eigenvalue weighted by Gasteiger charge is 2.21. The molecule has 2 aliphatic heterocycles. The van der Waals surface area contributed by atoms with Crippen molar-refractivity contribution in [2.24, 2.45) is 0 Å². The van der Waals surface area contributed by atoms with Crippen LogP contribution < -0.4 is 9.80 Å². The summed E-state index contributed by atoms with van der Waals surface area (Å²) in [6.07, 6.45) is 3.72. The largest absolute Gasteiger partial charge is 0.378 e. The zero-order valence-electron chi connectivity index (χ0n) is 15.3. The Morgan fingerprint density at radius 2 is 1.65 bits per heavy atom. The summed E-state index contributed by atoms with van der Waals surface area (Å²) in [4.78, 5) is 20.7. The number of piperazine rings is 1. The molecule has 0 spiro atoms. The van der Waals surface area contributed by atoms with Crippen molar-refractivity contribution >= 4 is 11.8 Å². The van der Waals surface area contributed by atoms with Gasteiger partial charge in [0.25, 0.3) is 0 Å². The SMILES string of the molecule is Cc1cc(N2CCOCC2)nc(N2CCN(Cc3ccncc3)CC2)n1. The van der Waals surface area contributed by atoms with Crippen LogP contribution in [0.1, 0.15) is 11.3 Å². The lowest BCUT2D eigenvalue weighted by Crippen LogP contribution is -2.46. The van der Waals surface area contributed by atoms with E-state index in [-0.39, 0.29) is 0 Å². The molecule has 0 atom stereocenters. The van der Waals surface area contributed by atoms with E-state index in [1.165, 1.54) is 5.56 Å². The van der Waals surface area contributed by atoms with Crippen LogP contribution in [0.25, 0.3) is 0 Å². The molecule has 0 unspecified atom stereocenters. The van der Waals surface area contributed by atoms with Crippen LogP contribution in [-0.2, 0) is 11.3 Å².